The molecule has 0 heterocycles. The second-order valence-corrected chi connectivity index (χ2v) is 5.67. The average molecular weight is 299 g/mol. The molecule has 0 fully saturated rings. The molecule has 1 aliphatic rings. The van der Waals surface area contributed by atoms with Crippen LogP contribution in [0.15, 0.2) is 46.9 Å². The lowest BCUT2D eigenvalue weighted by molar-refractivity contribution is 1.03. The molecule has 0 spiro atoms. The number of hydrogen-bond acceptors (Lipinski definition) is 0. The minimum atomic E-state index is 0.384. The molecule has 0 N–H and O–H groups in total. The van der Waals surface area contributed by atoms with Crippen molar-refractivity contribution in [2.75, 3.05) is 0 Å². The summed E-state index contributed by atoms with van der Waals surface area (Å²) < 4.78 is 1.24. The van der Waals surface area contributed by atoms with Gasteiger partial charge in [-0.15, -0.1) is 0 Å². The molecule has 1 atom stereocenters. The van der Waals surface area contributed by atoms with E-state index in [9.17, 15) is 0 Å². The van der Waals surface area contributed by atoms with Crippen LogP contribution in [0.1, 0.15) is 33.7 Å². The Balaban J connectivity index is 2.14. The van der Waals surface area contributed by atoms with Crippen LogP contribution in [0, 0.1) is 13.8 Å². The molecule has 2 aromatic rings. The molecule has 0 bridgehead atoms. The largest absolute Gasteiger partial charge is 0.0720 e. The van der Waals surface area contributed by atoms with E-state index in [0.29, 0.717) is 5.92 Å². The van der Waals surface area contributed by atoms with Crippen molar-refractivity contribution in [3.63, 3.8) is 0 Å². The number of rotatable bonds is 1. The van der Waals surface area contributed by atoms with Crippen LogP contribution in [0.3, 0.4) is 0 Å². The molecule has 1 unspecified atom stereocenters. The van der Waals surface area contributed by atoms with Crippen molar-refractivity contribution >= 4 is 22.0 Å². The second-order valence-electron chi connectivity index (χ2n) is 4.88. The van der Waals surface area contributed by atoms with Crippen molar-refractivity contribution in [1.82, 2.24) is 0 Å². The maximum absolute atomic E-state index is 3.76. The number of aryl methyl sites for hydroxylation is 1. The zero-order valence-electron chi connectivity index (χ0n) is 10.6. The first-order valence-electron chi connectivity index (χ1n) is 6.21. The van der Waals surface area contributed by atoms with Crippen LogP contribution < -0.4 is 0 Å². The highest BCUT2D eigenvalue weighted by Gasteiger charge is 2.21. The molecule has 0 saturated carbocycles. The Morgan fingerprint density at radius 2 is 1.72 bits per heavy atom. The highest BCUT2D eigenvalue weighted by atomic mass is 79.9. The lowest BCUT2D eigenvalue weighted by Gasteiger charge is -2.16. The maximum atomic E-state index is 3.76. The zero-order valence-corrected chi connectivity index (χ0v) is 12.2. The quantitative estimate of drug-likeness (QED) is 0.677. The van der Waals surface area contributed by atoms with Gasteiger partial charge in [0.05, 0.1) is 0 Å². The Kier molecular flexibility index (Phi) is 2.87. The summed E-state index contributed by atoms with van der Waals surface area (Å²) in [5, 5.41) is 0. The summed E-state index contributed by atoms with van der Waals surface area (Å²) in [5.41, 5.74) is 6.78. The predicted octanol–water partition coefficient (Wildman–Crippen LogP) is 5.22. The first-order valence-corrected chi connectivity index (χ1v) is 7.00. The first-order chi connectivity index (χ1) is 8.68. The summed E-state index contributed by atoms with van der Waals surface area (Å²) in [7, 11) is 0. The van der Waals surface area contributed by atoms with Gasteiger partial charge in [0.1, 0.15) is 0 Å². The second kappa shape index (κ2) is 4.40. The van der Waals surface area contributed by atoms with Crippen molar-refractivity contribution in [2.24, 2.45) is 0 Å². The van der Waals surface area contributed by atoms with Crippen LogP contribution in [0.5, 0.6) is 0 Å². The fourth-order valence-electron chi connectivity index (χ4n) is 2.56. The predicted molar refractivity (Wildman–Crippen MR) is 80.9 cm³/mol. The number of fused-ring (bicyclic) bond motifs is 1. The summed E-state index contributed by atoms with van der Waals surface area (Å²) in [5.74, 6) is 0.384. The van der Waals surface area contributed by atoms with Gasteiger partial charge in [0, 0.05) is 10.4 Å². The fraction of sp³-hybridized carbons (Fsp3) is 0.176. The number of allylic oxidation sites excluding steroid dienone is 1. The number of halogens is 1. The molecular formula is C17H15Br. The lowest BCUT2D eigenvalue weighted by atomic mass is 9.91. The van der Waals surface area contributed by atoms with Crippen molar-refractivity contribution in [2.45, 2.75) is 19.8 Å². The van der Waals surface area contributed by atoms with Crippen LogP contribution in [0.25, 0.3) is 6.08 Å². The summed E-state index contributed by atoms with van der Waals surface area (Å²) in [4.78, 5) is 0. The van der Waals surface area contributed by atoms with E-state index in [1.807, 2.05) is 0 Å². The van der Waals surface area contributed by atoms with Crippen LogP contribution in [-0.2, 0) is 0 Å². The Labute approximate surface area is 116 Å². The molecule has 0 radical (unpaired) electrons. The van der Waals surface area contributed by atoms with E-state index < -0.39 is 0 Å². The molecule has 0 amide bonds. The zero-order chi connectivity index (χ0) is 12.7. The van der Waals surface area contributed by atoms with Crippen LogP contribution in [-0.4, -0.2) is 0 Å². The number of benzene rings is 2. The Morgan fingerprint density at radius 3 is 2.56 bits per heavy atom. The van der Waals surface area contributed by atoms with E-state index in [4.69, 9.17) is 0 Å². The summed E-state index contributed by atoms with van der Waals surface area (Å²) in [6.07, 6.45) is 4.52. The highest BCUT2D eigenvalue weighted by Crippen LogP contribution is 2.39. The van der Waals surface area contributed by atoms with E-state index in [-0.39, 0.29) is 0 Å². The third-order valence-electron chi connectivity index (χ3n) is 3.82. The standard InChI is InChI=1S/C17H15Br/c1-11-7-9-16(17(18)12(11)2)15-10-8-13-5-3-4-6-14(13)15/h3-10,15H,1-2H3. The third kappa shape index (κ3) is 1.74. The Morgan fingerprint density at radius 1 is 0.944 bits per heavy atom. The Bertz CT molecular complexity index is 638. The summed E-state index contributed by atoms with van der Waals surface area (Å²) >= 11 is 3.76. The smallest absolute Gasteiger partial charge is 0.0290 e. The minimum Gasteiger partial charge on any atom is -0.0720 e. The van der Waals surface area contributed by atoms with Crippen LogP contribution in [0.2, 0.25) is 0 Å². The normalized spacial score (nSPS) is 16.9. The third-order valence-corrected chi connectivity index (χ3v) is 4.87. The van der Waals surface area contributed by atoms with Gasteiger partial charge in [-0.3, -0.25) is 0 Å². The molecule has 2 aromatic carbocycles. The first kappa shape index (κ1) is 11.7. The van der Waals surface area contributed by atoms with Gasteiger partial charge in [-0.25, -0.2) is 0 Å². The van der Waals surface area contributed by atoms with Crippen molar-refractivity contribution < 1.29 is 0 Å². The molecule has 0 saturated heterocycles. The fourth-order valence-corrected chi connectivity index (χ4v) is 3.25. The van der Waals surface area contributed by atoms with E-state index in [1.165, 1.54) is 32.3 Å². The SMILES string of the molecule is Cc1ccc(C2C=Cc3ccccc32)c(Br)c1C. The highest BCUT2D eigenvalue weighted by molar-refractivity contribution is 9.10. The molecule has 0 aromatic heterocycles. The van der Waals surface area contributed by atoms with Gasteiger partial charge in [0.2, 0.25) is 0 Å². The van der Waals surface area contributed by atoms with Gasteiger partial charge >= 0.3 is 0 Å². The molecule has 3 rings (SSSR count). The summed E-state index contributed by atoms with van der Waals surface area (Å²) in [6.45, 7) is 4.33. The van der Waals surface area contributed by atoms with Crippen LogP contribution in [0.4, 0.5) is 0 Å². The van der Waals surface area contributed by atoms with Crippen molar-refractivity contribution in [1.29, 1.82) is 0 Å². The van der Waals surface area contributed by atoms with Gasteiger partial charge in [-0.2, -0.15) is 0 Å². The molecule has 1 heteroatoms. The van der Waals surface area contributed by atoms with Crippen LogP contribution >= 0.6 is 15.9 Å². The average Bonchev–Trinajstić information content (AvgIpc) is 2.80. The molecule has 0 nitrogen and oxygen atoms in total. The van der Waals surface area contributed by atoms with E-state index >= 15 is 0 Å². The molecule has 18 heavy (non-hydrogen) atoms. The summed E-state index contributed by atoms with van der Waals surface area (Å²) in [6, 6.07) is 13.1. The van der Waals surface area contributed by atoms with Gasteiger partial charge in [-0.05, 0) is 41.7 Å². The van der Waals surface area contributed by atoms with E-state index in [1.54, 1.807) is 0 Å². The Hall–Kier alpha value is -1.34. The molecular weight excluding hydrogens is 284 g/mol. The molecule has 90 valence electrons. The molecule has 0 aliphatic heterocycles. The number of hydrogen-bond donors (Lipinski definition) is 0. The minimum absolute atomic E-state index is 0.384. The van der Waals surface area contributed by atoms with Gasteiger partial charge in [0.15, 0.2) is 0 Å². The van der Waals surface area contributed by atoms with E-state index in [0.717, 1.165) is 0 Å². The van der Waals surface area contributed by atoms with Gasteiger partial charge in [0.25, 0.3) is 0 Å². The van der Waals surface area contributed by atoms with Gasteiger partial charge in [-0.1, -0.05) is 64.5 Å². The monoisotopic (exact) mass is 298 g/mol. The van der Waals surface area contributed by atoms with Gasteiger partial charge < -0.3 is 0 Å². The maximum Gasteiger partial charge on any atom is 0.0290 e. The van der Waals surface area contributed by atoms with Crippen molar-refractivity contribution in [3.8, 4) is 0 Å². The van der Waals surface area contributed by atoms with E-state index in [2.05, 4.69) is 78.3 Å². The lowest BCUT2D eigenvalue weighted by Crippen LogP contribution is -1.99. The molecule has 1 aliphatic carbocycles. The topological polar surface area (TPSA) is 0 Å². The van der Waals surface area contributed by atoms with Crippen molar-refractivity contribution in [3.05, 3.63) is 74.8 Å².